The fourth-order valence-corrected chi connectivity index (χ4v) is 5.32. The monoisotopic (exact) mass is 422 g/mol. The van der Waals surface area contributed by atoms with Crippen LogP contribution in [0.5, 0.6) is 0 Å². The molecule has 1 saturated heterocycles. The van der Waals surface area contributed by atoms with E-state index >= 15 is 0 Å². The number of hydrogen-bond donors (Lipinski definition) is 1. The zero-order valence-electron chi connectivity index (χ0n) is 18.5. The molecular weight excluding hydrogens is 392 g/mol. The van der Waals surface area contributed by atoms with Gasteiger partial charge in [0.25, 0.3) is 0 Å². The number of thiophene rings is 1. The van der Waals surface area contributed by atoms with E-state index in [-0.39, 0.29) is 11.8 Å². The van der Waals surface area contributed by atoms with E-state index in [1.165, 1.54) is 21.4 Å². The second-order valence-electron chi connectivity index (χ2n) is 8.61. The van der Waals surface area contributed by atoms with Crippen molar-refractivity contribution < 1.29 is 4.79 Å². The highest BCUT2D eigenvalue weighted by Crippen LogP contribution is 2.36. The summed E-state index contributed by atoms with van der Waals surface area (Å²) in [7, 11) is 0. The lowest BCUT2D eigenvalue weighted by Gasteiger charge is -2.32. The minimum atomic E-state index is 0.0310. The standard InChI is InChI=1S/C24H30N4OS/c1-14(2)19-8-6-7-15(3)21(19)27-23(29)18-9-11-28(12-10-18)22-20-16(4)17(5)30-24(20)26-13-25-22/h6-8,13-14,18H,9-12H2,1-5H3,(H,27,29). The van der Waals surface area contributed by atoms with Gasteiger partial charge in [-0.2, -0.15) is 0 Å². The van der Waals surface area contributed by atoms with Crippen LogP contribution in [-0.2, 0) is 4.79 Å². The highest BCUT2D eigenvalue weighted by atomic mass is 32.1. The lowest BCUT2D eigenvalue weighted by molar-refractivity contribution is -0.120. The van der Waals surface area contributed by atoms with Crippen molar-refractivity contribution in [1.82, 2.24) is 9.97 Å². The number of hydrogen-bond acceptors (Lipinski definition) is 5. The Hall–Kier alpha value is -2.47. The zero-order valence-corrected chi connectivity index (χ0v) is 19.3. The Morgan fingerprint density at radius 2 is 1.90 bits per heavy atom. The quantitative estimate of drug-likeness (QED) is 0.595. The lowest BCUT2D eigenvalue weighted by atomic mass is 9.94. The molecule has 1 aliphatic rings. The van der Waals surface area contributed by atoms with Gasteiger partial charge in [-0.25, -0.2) is 9.97 Å². The summed E-state index contributed by atoms with van der Waals surface area (Å²) in [4.78, 5) is 26.8. The third-order valence-corrected chi connectivity index (χ3v) is 7.40. The Morgan fingerprint density at radius 3 is 2.60 bits per heavy atom. The van der Waals surface area contributed by atoms with Crippen molar-refractivity contribution in [3.63, 3.8) is 0 Å². The van der Waals surface area contributed by atoms with Crippen molar-refractivity contribution >= 4 is 39.0 Å². The Balaban J connectivity index is 1.48. The molecule has 0 radical (unpaired) electrons. The Bertz CT molecular complexity index is 1080. The molecule has 3 aromatic rings. The molecule has 1 aliphatic heterocycles. The summed E-state index contributed by atoms with van der Waals surface area (Å²) in [6, 6.07) is 6.24. The van der Waals surface area contributed by atoms with E-state index in [1.54, 1.807) is 17.7 Å². The molecule has 0 atom stereocenters. The van der Waals surface area contributed by atoms with E-state index in [9.17, 15) is 4.79 Å². The van der Waals surface area contributed by atoms with Crippen LogP contribution in [0, 0.1) is 26.7 Å². The number of nitrogens with zero attached hydrogens (tertiary/aromatic N) is 3. The van der Waals surface area contributed by atoms with Crippen LogP contribution < -0.4 is 10.2 Å². The Labute approximate surface area is 182 Å². The first-order valence-corrected chi connectivity index (χ1v) is 11.5. The second kappa shape index (κ2) is 8.34. The van der Waals surface area contributed by atoms with Gasteiger partial charge in [-0.1, -0.05) is 32.0 Å². The number of nitrogens with one attached hydrogen (secondary N) is 1. The van der Waals surface area contributed by atoms with Crippen molar-refractivity contribution in [2.75, 3.05) is 23.3 Å². The van der Waals surface area contributed by atoms with Crippen molar-refractivity contribution in [2.45, 2.75) is 53.4 Å². The first kappa shape index (κ1) is 20.8. The first-order valence-electron chi connectivity index (χ1n) is 10.7. The van der Waals surface area contributed by atoms with Crippen LogP contribution in [0.4, 0.5) is 11.5 Å². The van der Waals surface area contributed by atoms with Crippen LogP contribution in [0.3, 0.4) is 0 Å². The number of aryl methyl sites for hydroxylation is 3. The molecule has 158 valence electrons. The van der Waals surface area contributed by atoms with Crippen LogP contribution in [0.25, 0.3) is 10.2 Å². The van der Waals surface area contributed by atoms with Crippen molar-refractivity contribution in [2.24, 2.45) is 5.92 Å². The molecule has 2 aromatic heterocycles. The van der Waals surface area contributed by atoms with Crippen molar-refractivity contribution in [1.29, 1.82) is 0 Å². The molecular formula is C24H30N4OS. The molecule has 30 heavy (non-hydrogen) atoms. The zero-order chi connectivity index (χ0) is 21.4. The van der Waals surface area contributed by atoms with Gasteiger partial charge in [0.2, 0.25) is 5.91 Å². The third-order valence-electron chi connectivity index (χ3n) is 6.29. The molecule has 4 rings (SSSR count). The maximum atomic E-state index is 13.1. The van der Waals surface area contributed by atoms with Crippen LogP contribution in [0.1, 0.15) is 54.2 Å². The summed E-state index contributed by atoms with van der Waals surface area (Å²) in [5.41, 5.74) is 4.58. The van der Waals surface area contributed by atoms with Crippen LogP contribution in [-0.4, -0.2) is 29.0 Å². The fraction of sp³-hybridized carbons (Fsp3) is 0.458. The Kier molecular flexibility index (Phi) is 5.78. The number of anilines is 2. The molecule has 6 heteroatoms. The molecule has 3 heterocycles. The lowest BCUT2D eigenvalue weighted by Crippen LogP contribution is -2.38. The van der Waals surface area contributed by atoms with Gasteiger partial charge in [-0.3, -0.25) is 4.79 Å². The minimum absolute atomic E-state index is 0.0310. The van der Waals surface area contributed by atoms with E-state index in [0.717, 1.165) is 47.8 Å². The molecule has 0 aliphatic carbocycles. The molecule has 1 amide bonds. The van der Waals surface area contributed by atoms with E-state index < -0.39 is 0 Å². The summed E-state index contributed by atoms with van der Waals surface area (Å²) in [5.74, 6) is 1.56. The molecule has 5 nitrogen and oxygen atoms in total. The summed E-state index contributed by atoms with van der Waals surface area (Å²) in [5, 5.41) is 4.42. The van der Waals surface area contributed by atoms with Crippen LogP contribution in [0.15, 0.2) is 24.5 Å². The van der Waals surface area contributed by atoms with Gasteiger partial charge in [-0.05, 0) is 56.2 Å². The summed E-state index contributed by atoms with van der Waals surface area (Å²) >= 11 is 1.73. The number of rotatable bonds is 4. The number of carbonyl (C=O) groups excluding carboxylic acids is 1. The largest absolute Gasteiger partial charge is 0.356 e. The van der Waals surface area contributed by atoms with Crippen LogP contribution in [0.2, 0.25) is 0 Å². The third kappa shape index (κ3) is 3.81. The number of aromatic nitrogens is 2. The predicted molar refractivity (Wildman–Crippen MR) is 126 cm³/mol. The molecule has 1 aromatic carbocycles. The maximum Gasteiger partial charge on any atom is 0.227 e. The molecule has 0 saturated carbocycles. The number of para-hydroxylation sites is 1. The highest BCUT2D eigenvalue weighted by molar-refractivity contribution is 7.18. The van der Waals surface area contributed by atoms with E-state index in [0.29, 0.717) is 5.92 Å². The summed E-state index contributed by atoms with van der Waals surface area (Å²) in [6.07, 6.45) is 3.34. The molecule has 1 fully saturated rings. The van der Waals surface area contributed by atoms with Crippen molar-refractivity contribution in [3.8, 4) is 0 Å². The Morgan fingerprint density at radius 1 is 1.17 bits per heavy atom. The fourth-order valence-electron chi connectivity index (χ4n) is 4.32. The van der Waals surface area contributed by atoms with Gasteiger partial charge < -0.3 is 10.2 Å². The molecule has 0 spiro atoms. The smallest absolute Gasteiger partial charge is 0.227 e. The number of benzene rings is 1. The average molecular weight is 423 g/mol. The van der Waals surface area contributed by atoms with Gasteiger partial charge in [0.1, 0.15) is 17.0 Å². The predicted octanol–water partition coefficient (Wildman–Crippen LogP) is 5.60. The normalized spacial score (nSPS) is 15.2. The first-order chi connectivity index (χ1) is 14.4. The van der Waals surface area contributed by atoms with Crippen molar-refractivity contribution in [3.05, 3.63) is 46.1 Å². The average Bonchev–Trinajstić information content (AvgIpc) is 3.03. The minimum Gasteiger partial charge on any atom is -0.356 e. The van der Waals surface area contributed by atoms with E-state index in [1.807, 2.05) is 0 Å². The van der Waals surface area contributed by atoms with Gasteiger partial charge in [0.05, 0.1) is 5.39 Å². The SMILES string of the molecule is Cc1cccc(C(C)C)c1NC(=O)C1CCN(c2ncnc3sc(C)c(C)c23)CC1. The number of fused-ring (bicyclic) bond motifs is 1. The van der Waals surface area contributed by atoms with E-state index in [4.69, 9.17) is 0 Å². The van der Waals surface area contributed by atoms with Gasteiger partial charge in [0, 0.05) is 29.6 Å². The van der Waals surface area contributed by atoms with Gasteiger partial charge >= 0.3 is 0 Å². The highest BCUT2D eigenvalue weighted by Gasteiger charge is 2.28. The number of amides is 1. The summed E-state index contributed by atoms with van der Waals surface area (Å²) in [6.45, 7) is 12.4. The van der Waals surface area contributed by atoms with Gasteiger partial charge in [-0.15, -0.1) is 11.3 Å². The number of carbonyl (C=O) groups is 1. The topological polar surface area (TPSA) is 58.1 Å². The molecule has 1 N–H and O–H groups in total. The van der Waals surface area contributed by atoms with Crippen LogP contribution >= 0.6 is 11.3 Å². The second-order valence-corrected chi connectivity index (χ2v) is 9.81. The van der Waals surface area contributed by atoms with Gasteiger partial charge in [0.15, 0.2) is 0 Å². The van der Waals surface area contributed by atoms with E-state index in [2.05, 4.69) is 73.0 Å². The maximum absolute atomic E-state index is 13.1. The summed E-state index contributed by atoms with van der Waals surface area (Å²) < 4.78 is 0. The molecule has 0 bridgehead atoms. The molecule has 0 unspecified atom stereocenters. The number of piperidine rings is 1.